The molecule has 2 aromatic carbocycles. The van der Waals surface area contributed by atoms with Crippen LogP contribution in [0.3, 0.4) is 0 Å². The Balaban J connectivity index is 1.85. The summed E-state index contributed by atoms with van der Waals surface area (Å²) in [5, 5.41) is 0. The fraction of sp³-hybridized carbons (Fsp3) is 0.368. The molecule has 2 heterocycles. The summed E-state index contributed by atoms with van der Waals surface area (Å²) >= 11 is 0. The summed E-state index contributed by atoms with van der Waals surface area (Å²) in [6.45, 7) is 1.40. The van der Waals surface area contributed by atoms with Crippen molar-refractivity contribution >= 4 is 0 Å². The predicted octanol–water partition coefficient (Wildman–Crippen LogP) is 3.18. The van der Waals surface area contributed by atoms with Gasteiger partial charge in [-0.05, 0) is 60.3 Å². The fourth-order valence-electron chi connectivity index (χ4n) is 4.20. The smallest absolute Gasteiger partial charge is 0.231 e. The molecule has 0 N–H and O–H groups in total. The summed E-state index contributed by atoms with van der Waals surface area (Å²) in [4.78, 5) is 2.46. The van der Waals surface area contributed by atoms with Crippen molar-refractivity contribution in [2.75, 3.05) is 27.5 Å². The lowest BCUT2D eigenvalue weighted by Gasteiger charge is -2.40. The SMILES string of the molecule is COc1ccc2c(c1)-c1c3c(cc4c1C(C2)N(C)CC4)OCO3. The second-order valence-electron chi connectivity index (χ2n) is 6.53. The fourth-order valence-corrected chi connectivity index (χ4v) is 4.20. The van der Waals surface area contributed by atoms with E-state index in [0.717, 1.165) is 36.6 Å². The second-order valence-corrected chi connectivity index (χ2v) is 6.53. The molecule has 0 radical (unpaired) electrons. The number of ether oxygens (including phenoxy) is 3. The topological polar surface area (TPSA) is 30.9 Å². The van der Waals surface area contributed by atoms with Crippen LogP contribution in [-0.4, -0.2) is 32.4 Å². The molecule has 0 aromatic heterocycles. The van der Waals surface area contributed by atoms with Crippen molar-refractivity contribution in [3.05, 3.63) is 41.0 Å². The van der Waals surface area contributed by atoms with E-state index in [1.807, 2.05) is 6.07 Å². The van der Waals surface area contributed by atoms with Gasteiger partial charge < -0.3 is 14.2 Å². The van der Waals surface area contributed by atoms with Crippen LogP contribution in [0, 0.1) is 0 Å². The van der Waals surface area contributed by atoms with Gasteiger partial charge in [0, 0.05) is 18.2 Å². The van der Waals surface area contributed by atoms with Crippen LogP contribution in [0.15, 0.2) is 24.3 Å². The normalized spacial score (nSPS) is 20.9. The third kappa shape index (κ3) is 1.75. The summed E-state index contributed by atoms with van der Waals surface area (Å²) in [7, 11) is 3.93. The maximum Gasteiger partial charge on any atom is 0.231 e. The highest BCUT2D eigenvalue weighted by Crippen LogP contribution is 2.54. The van der Waals surface area contributed by atoms with Crippen molar-refractivity contribution in [3.63, 3.8) is 0 Å². The summed E-state index contributed by atoms with van der Waals surface area (Å²) in [6, 6.07) is 8.98. The van der Waals surface area contributed by atoms with Gasteiger partial charge in [0.25, 0.3) is 0 Å². The lowest BCUT2D eigenvalue weighted by molar-refractivity contribution is 0.174. The molecule has 4 nitrogen and oxygen atoms in total. The second kappa shape index (κ2) is 4.65. The van der Waals surface area contributed by atoms with Gasteiger partial charge in [-0.2, -0.15) is 0 Å². The van der Waals surface area contributed by atoms with Crippen LogP contribution >= 0.6 is 0 Å². The lowest BCUT2D eigenvalue weighted by Crippen LogP contribution is -2.35. The number of likely N-dealkylation sites (N-methyl/N-ethyl adjacent to an activating group) is 1. The Morgan fingerprint density at radius 3 is 2.96 bits per heavy atom. The van der Waals surface area contributed by atoms with Crippen molar-refractivity contribution in [1.29, 1.82) is 0 Å². The first-order valence-electron chi connectivity index (χ1n) is 8.09. The zero-order valence-electron chi connectivity index (χ0n) is 13.4. The van der Waals surface area contributed by atoms with Gasteiger partial charge in [0.15, 0.2) is 11.5 Å². The van der Waals surface area contributed by atoms with E-state index in [9.17, 15) is 0 Å². The van der Waals surface area contributed by atoms with Crippen LogP contribution < -0.4 is 14.2 Å². The molecule has 23 heavy (non-hydrogen) atoms. The molecule has 4 heteroatoms. The molecule has 0 amide bonds. The minimum Gasteiger partial charge on any atom is -0.497 e. The Kier molecular flexibility index (Phi) is 2.68. The zero-order chi connectivity index (χ0) is 15.6. The predicted molar refractivity (Wildman–Crippen MR) is 87.3 cm³/mol. The van der Waals surface area contributed by atoms with E-state index in [2.05, 4.69) is 30.1 Å². The van der Waals surface area contributed by atoms with Crippen molar-refractivity contribution < 1.29 is 14.2 Å². The number of rotatable bonds is 1. The van der Waals surface area contributed by atoms with E-state index in [-0.39, 0.29) is 0 Å². The Labute approximate surface area is 135 Å². The van der Waals surface area contributed by atoms with Gasteiger partial charge in [-0.15, -0.1) is 0 Å². The highest BCUT2D eigenvalue weighted by atomic mass is 16.7. The van der Waals surface area contributed by atoms with Crippen LogP contribution in [-0.2, 0) is 12.8 Å². The van der Waals surface area contributed by atoms with Gasteiger partial charge in [0.2, 0.25) is 6.79 Å². The average molecular weight is 309 g/mol. The number of methoxy groups -OCH3 is 1. The molecular formula is C19H19NO3. The first kappa shape index (κ1) is 13.3. The number of fused-ring (bicyclic) bond motifs is 4. The molecule has 118 valence electrons. The molecule has 0 fully saturated rings. The molecule has 1 aliphatic carbocycles. The first-order chi connectivity index (χ1) is 11.3. The molecular weight excluding hydrogens is 290 g/mol. The Bertz CT molecular complexity index is 815. The molecule has 3 aliphatic rings. The van der Waals surface area contributed by atoms with Crippen LogP contribution in [0.2, 0.25) is 0 Å². The van der Waals surface area contributed by atoms with Crippen molar-refractivity contribution in [3.8, 4) is 28.4 Å². The molecule has 0 bridgehead atoms. The number of hydrogen-bond acceptors (Lipinski definition) is 4. The highest BCUT2D eigenvalue weighted by molar-refractivity contribution is 5.84. The van der Waals surface area contributed by atoms with Gasteiger partial charge in [-0.25, -0.2) is 0 Å². The van der Waals surface area contributed by atoms with Crippen molar-refractivity contribution in [1.82, 2.24) is 4.90 Å². The van der Waals surface area contributed by atoms with E-state index < -0.39 is 0 Å². The summed E-state index contributed by atoms with van der Waals surface area (Å²) < 4.78 is 17.0. The minimum absolute atomic E-state index is 0.311. The molecule has 0 spiro atoms. The summed E-state index contributed by atoms with van der Waals surface area (Å²) in [5.41, 5.74) is 6.62. The maximum atomic E-state index is 5.85. The number of benzene rings is 2. The monoisotopic (exact) mass is 309 g/mol. The molecule has 0 saturated carbocycles. The quantitative estimate of drug-likeness (QED) is 0.809. The van der Waals surface area contributed by atoms with Gasteiger partial charge in [0.05, 0.1) is 7.11 Å². The molecule has 0 saturated heterocycles. The summed E-state index contributed by atoms with van der Waals surface area (Å²) in [6.07, 6.45) is 2.10. The summed E-state index contributed by atoms with van der Waals surface area (Å²) in [5.74, 6) is 2.67. The van der Waals surface area contributed by atoms with Crippen molar-refractivity contribution in [2.24, 2.45) is 0 Å². The van der Waals surface area contributed by atoms with Crippen LogP contribution in [0.5, 0.6) is 17.2 Å². The molecule has 2 aromatic rings. The van der Waals surface area contributed by atoms with E-state index in [1.165, 1.54) is 27.8 Å². The largest absolute Gasteiger partial charge is 0.497 e. The van der Waals surface area contributed by atoms with Gasteiger partial charge in [0.1, 0.15) is 5.75 Å². The molecule has 1 atom stereocenters. The number of nitrogens with zero attached hydrogens (tertiary/aromatic N) is 1. The Hall–Kier alpha value is -2.20. The van der Waals surface area contributed by atoms with E-state index in [0.29, 0.717) is 12.8 Å². The van der Waals surface area contributed by atoms with E-state index in [4.69, 9.17) is 14.2 Å². The third-order valence-electron chi connectivity index (χ3n) is 5.39. The lowest BCUT2D eigenvalue weighted by atomic mass is 9.76. The Morgan fingerprint density at radius 2 is 2.09 bits per heavy atom. The van der Waals surface area contributed by atoms with Crippen molar-refractivity contribution in [2.45, 2.75) is 18.9 Å². The van der Waals surface area contributed by atoms with Crippen LogP contribution in [0.25, 0.3) is 11.1 Å². The average Bonchev–Trinajstić information content (AvgIpc) is 3.05. The standard InChI is InChI=1S/C19H19NO3/c1-20-6-5-12-8-16-19(23-10-22-16)18-14-9-13(21-2)4-3-11(14)7-15(20)17(12)18/h3-4,8-9,15H,5-7,10H2,1-2H3. The van der Waals surface area contributed by atoms with Gasteiger partial charge >= 0.3 is 0 Å². The van der Waals surface area contributed by atoms with Gasteiger partial charge in [-0.3, -0.25) is 4.90 Å². The van der Waals surface area contributed by atoms with Gasteiger partial charge in [-0.1, -0.05) is 6.07 Å². The minimum atomic E-state index is 0.311. The third-order valence-corrected chi connectivity index (χ3v) is 5.39. The molecule has 1 unspecified atom stereocenters. The zero-order valence-corrected chi connectivity index (χ0v) is 13.4. The molecule has 5 rings (SSSR count). The highest BCUT2D eigenvalue weighted by Gasteiger charge is 2.37. The molecule has 2 aliphatic heterocycles. The van der Waals surface area contributed by atoms with E-state index >= 15 is 0 Å². The van der Waals surface area contributed by atoms with Crippen LogP contribution in [0.4, 0.5) is 0 Å². The number of hydrogen-bond donors (Lipinski definition) is 0. The maximum absolute atomic E-state index is 5.85. The van der Waals surface area contributed by atoms with Crippen LogP contribution in [0.1, 0.15) is 22.7 Å². The Morgan fingerprint density at radius 1 is 1.17 bits per heavy atom. The van der Waals surface area contributed by atoms with E-state index in [1.54, 1.807) is 7.11 Å². The first-order valence-corrected chi connectivity index (χ1v) is 8.09.